The first-order valence-electron chi connectivity index (χ1n) is 10.8. The molecule has 0 radical (unpaired) electrons. The summed E-state index contributed by atoms with van der Waals surface area (Å²) in [4.78, 5) is 27.8. The van der Waals surface area contributed by atoms with Crippen molar-refractivity contribution in [2.24, 2.45) is 0 Å². The number of carboxylic acid groups (broad SMARTS) is 1. The van der Waals surface area contributed by atoms with Crippen molar-refractivity contribution < 1.29 is 32.6 Å². The number of aromatic nitrogens is 1. The Bertz CT molecular complexity index is 1180. The fraction of sp³-hybridized carbons (Fsp3) is 0.333. The van der Waals surface area contributed by atoms with Crippen molar-refractivity contribution in [2.75, 3.05) is 20.2 Å². The molecule has 0 spiro atoms. The molecule has 1 N–H and O–H groups in total. The van der Waals surface area contributed by atoms with Crippen molar-refractivity contribution in [3.63, 3.8) is 0 Å². The molecule has 2 aliphatic heterocycles. The number of aliphatic carboxylic acids is 1. The minimum absolute atomic E-state index is 0.142. The number of likely N-dealkylation sites (tertiary alicyclic amines) is 1. The molecule has 7 nitrogen and oxygen atoms in total. The van der Waals surface area contributed by atoms with E-state index in [1.54, 1.807) is 18.4 Å². The first kappa shape index (κ1) is 24.8. The van der Waals surface area contributed by atoms with Gasteiger partial charge in [0.25, 0.3) is 5.91 Å². The highest BCUT2D eigenvalue weighted by molar-refractivity contribution is 7.09. The molecule has 1 saturated heterocycles. The lowest BCUT2D eigenvalue weighted by Crippen LogP contribution is -2.49. The predicted octanol–water partition coefficient (Wildman–Crippen LogP) is 4.27. The Labute approximate surface area is 203 Å². The molecule has 1 amide bonds. The average Bonchev–Trinajstić information content (AvgIpc) is 3.57. The first-order valence-corrected chi connectivity index (χ1v) is 11.7. The maximum absolute atomic E-state index is 13.2. The van der Waals surface area contributed by atoms with Crippen LogP contribution >= 0.6 is 11.3 Å². The number of benzene rings is 1. The van der Waals surface area contributed by atoms with E-state index in [-0.39, 0.29) is 11.9 Å². The minimum Gasteiger partial charge on any atom is -0.497 e. The number of methoxy groups -OCH3 is 1. The van der Waals surface area contributed by atoms with Gasteiger partial charge in [0.1, 0.15) is 11.4 Å². The fourth-order valence-electron chi connectivity index (χ4n) is 4.51. The summed E-state index contributed by atoms with van der Waals surface area (Å²) in [5.41, 5.74) is 2.04. The summed E-state index contributed by atoms with van der Waals surface area (Å²) in [5.74, 6) is -1.73. The molecule has 1 aromatic carbocycles. The number of carbonyl (C=O) groups excluding carboxylic acids is 1. The van der Waals surface area contributed by atoms with Crippen LogP contribution in [0.25, 0.3) is 0 Å². The van der Waals surface area contributed by atoms with Crippen molar-refractivity contribution in [3.05, 3.63) is 76.2 Å². The highest BCUT2D eigenvalue weighted by atomic mass is 32.1. The second kappa shape index (κ2) is 10.1. The summed E-state index contributed by atoms with van der Waals surface area (Å²) < 4.78 is 39.3. The number of ether oxygens (including phenoxy) is 1. The summed E-state index contributed by atoms with van der Waals surface area (Å²) in [7, 11) is 1.70. The van der Waals surface area contributed by atoms with E-state index in [1.165, 1.54) is 10.4 Å². The molecule has 2 aromatic heterocycles. The van der Waals surface area contributed by atoms with E-state index in [0.29, 0.717) is 12.6 Å². The number of amides is 1. The molecule has 1 fully saturated rings. The molecular weight excluding hydrogens is 483 g/mol. The molecular formula is C24H24F3N3O4S. The number of thiophene rings is 1. The zero-order valence-corrected chi connectivity index (χ0v) is 19.6. The number of carboxylic acids is 1. The van der Waals surface area contributed by atoms with Crippen LogP contribution in [0.1, 0.15) is 27.0 Å². The monoisotopic (exact) mass is 507 g/mol. The molecule has 186 valence electrons. The molecule has 35 heavy (non-hydrogen) atoms. The minimum atomic E-state index is -5.08. The average molecular weight is 508 g/mol. The molecule has 11 heteroatoms. The van der Waals surface area contributed by atoms with Crippen LogP contribution in [0.2, 0.25) is 0 Å². The van der Waals surface area contributed by atoms with Gasteiger partial charge in [-0.25, -0.2) is 4.79 Å². The molecule has 4 heterocycles. The Balaban J connectivity index is 0.000000364. The van der Waals surface area contributed by atoms with Gasteiger partial charge >= 0.3 is 12.1 Å². The number of alkyl halides is 3. The highest BCUT2D eigenvalue weighted by Crippen LogP contribution is 2.35. The van der Waals surface area contributed by atoms with Crippen LogP contribution in [0.3, 0.4) is 0 Å². The Morgan fingerprint density at radius 2 is 1.86 bits per heavy atom. The van der Waals surface area contributed by atoms with Gasteiger partial charge in [0.05, 0.1) is 25.7 Å². The van der Waals surface area contributed by atoms with E-state index >= 15 is 0 Å². The van der Waals surface area contributed by atoms with E-state index in [0.717, 1.165) is 31.1 Å². The van der Waals surface area contributed by atoms with Crippen LogP contribution < -0.4 is 4.74 Å². The van der Waals surface area contributed by atoms with Crippen LogP contribution in [0.4, 0.5) is 13.2 Å². The van der Waals surface area contributed by atoms with Crippen LogP contribution in [-0.2, 0) is 17.9 Å². The molecule has 0 saturated carbocycles. The maximum Gasteiger partial charge on any atom is 0.490 e. The van der Waals surface area contributed by atoms with E-state index in [9.17, 15) is 18.0 Å². The fourth-order valence-corrected chi connectivity index (χ4v) is 5.21. The van der Waals surface area contributed by atoms with Crippen molar-refractivity contribution in [3.8, 4) is 5.75 Å². The topological polar surface area (TPSA) is 75.0 Å². The Morgan fingerprint density at radius 3 is 2.51 bits per heavy atom. The number of hydrogen-bond donors (Lipinski definition) is 1. The van der Waals surface area contributed by atoms with Gasteiger partial charge in [-0.05, 0) is 41.3 Å². The normalized spacial score (nSPS) is 19.5. The van der Waals surface area contributed by atoms with Crippen molar-refractivity contribution in [1.29, 1.82) is 0 Å². The van der Waals surface area contributed by atoms with Crippen LogP contribution in [0.15, 0.2) is 60.1 Å². The number of hydrogen-bond acceptors (Lipinski definition) is 5. The Kier molecular flexibility index (Phi) is 7.18. The zero-order chi connectivity index (χ0) is 25.2. The Morgan fingerprint density at radius 1 is 1.11 bits per heavy atom. The van der Waals surface area contributed by atoms with Gasteiger partial charge in [0.15, 0.2) is 0 Å². The second-order valence-electron chi connectivity index (χ2n) is 8.30. The van der Waals surface area contributed by atoms with Crippen LogP contribution in [0.5, 0.6) is 5.75 Å². The lowest BCUT2D eigenvalue weighted by molar-refractivity contribution is -0.192. The zero-order valence-electron chi connectivity index (χ0n) is 18.8. The number of carbonyl (C=O) groups is 2. The highest BCUT2D eigenvalue weighted by Gasteiger charge is 2.44. The molecule has 5 rings (SSSR count). The molecule has 2 aliphatic rings. The molecule has 2 unspecified atom stereocenters. The Hall–Kier alpha value is -3.31. The van der Waals surface area contributed by atoms with Crippen LogP contribution in [-0.4, -0.2) is 63.8 Å². The molecule has 3 aromatic rings. The third-order valence-corrected chi connectivity index (χ3v) is 6.90. The van der Waals surface area contributed by atoms with Gasteiger partial charge in [-0.15, -0.1) is 11.3 Å². The summed E-state index contributed by atoms with van der Waals surface area (Å²) in [6.07, 6.45) is -3.03. The van der Waals surface area contributed by atoms with Gasteiger partial charge in [0.2, 0.25) is 0 Å². The summed E-state index contributed by atoms with van der Waals surface area (Å²) in [5, 5.41) is 9.20. The maximum atomic E-state index is 13.2. The van der Waals surface area contributed by atoms with Crippen molar-refractivity contribution in [1.82, 2.24) is 14.4 Å². The molecule has 0 aliphatic carbocycles. The summed E-state index contributed by atoms with van der Waals surface area (Å²) >= 11 is 1.72. The van der Waals surface area contributed by atoms with E-state index < -0.39 is 12.1 Å². The van der Waals surface area contributed by atoms with Gasteiger partial charge in [-0.2, -0.15) is 13.2 Å². The SMILES string of the molecule is COc1cccc(CN2CC3C(C2)n2cccc2C(=O)N3Cc2cccs2)c1.O=C(O)C(F)(F)F. The van der Waals surface area contributed by atoms with E-state index in [4.69, 9.17) is 14.6 Å². The summed E-state index contributed by atoms with van der Waals surface area (Å²) in [6.45, 7) is 3.38. The van der Waals surface area contributed by atoms with Crippen molar-refractivity contribution in [2.45, 2.75) is 31.3 Å². The van der Waals surface area contributed by atoms with E-state index in [1.807, 2.05) is 24.3 Å². The number of halogens is 3. The number of fused-ring (bicyclic) bond motifs is 3. The third-order valence-electron chi connectivity index (χ3n) is 6.04. The first-order chi connectivity index (χ1) is 16.7. The van der Waals surface area contributed by atoms with Gasteiger partial charge in [-0.1, -0.05) is 18.2 Å². The molecule has 0 bridgehead atoms. The van der Waals surface area contributed by atoms with Gasteiger partial charge in [-0.3, -0.25) is 9.69 Å². The third kappa shape index (κ3) is 5.51. The van der Waals surface area contributed by atoms with Crippen molar-refractivity contribution >= 4 is 23.2 Å². The molecule has 2 atom stereocenters. The lowest BCUT2D eigenvalue weighted by atomic mass is 10.1. The van der Waals surface area contributed by atoms with Crippen LogP contribution in [0, 0.1) is 0 Å². The standard InChI is InChI=1S/C22H23N3O2S.C2HF3O2/c1-27-17-6-2-5-16(11-17)12-23-14-20-21(15-23)25(13-18-7-4-10-28-18)22(26)19-8-3-9-24(19)20;3-2(4,5)1(6)7/h2-11,20-21H,12-15H2,1H3;(H,6,7). The summed E-state index contributed by atoms with van der Waals surface area (Å²) in [6, 6.07) is 16.8. The van der Waals surface area contributed by atoms with Gasteiger partial charge < -0.3 is 19.3 Å². The lowest BCUT2D eigenvalue weighted by Gasteiger charge is -2.38. The second-order valence-corrected chi connectivity index (χ2v) is 9.33. The predicted molar refractivity (Wildman–Crippen MR) is 123 cm³/mol. The number of rotatable bonds is 5. The quantitative estimate of drug-likeness (QED) is 0.558. The van der Waals surface area contributed by atoms with E-state index in [2.05, 4.69) is 50.2 Å². The smallest absolute Gasteiger partial charge is 0.490 e. The largest absolute Gasteiger partial charge is 0.497 e. The van der Waals surface area contributed by atoms with Gasteiger partial charge in [0, 0.05) is 30.7 Å². The number of nitrogens with zero attached hydrogens (tertiary/aromatic N) is 3.